The van der Waals surface area contributed by atoms with Crippen molar-refractivity contribution in [2.45, 2.75) is 39.0 Å². The van der Waals surface area contributed by atoms with E-state index in [1.165, 1.54) is 0 Å². The maximum atomic E-state index is 5.99. The van der Waals surface area contributed by atoms with E-state index in [0.717, 1.165) is 0 Å². The van der Waals surface area contributed by atoms with Crippen LogP contribution in [0, 0.1) is 0 Å². The molecule has 0 amide bonds. The largest absolute Gasteiger partial charge is 0.366 e. The lowest BCUT2D eigenvalue weighted by molar-refractivity contribution is 1.03. The summed E-state index contributed by atoms with van der Waals surface area (Å²) in [5.74, 6) is 0. The van der Waals surface area contributed by atoms with E-state index in [4.69, 9.17) is 33.2 Å². The number of rotatable bonds is 3. The summed E-state index contributed by atoms with van der Waals surface area (Å²) < 4.78 is 0. The van der Waals surface area contributed by atoms with Gasteiger partial charge in [-0.05, 0) is 11.3 Å². The zero-order valence-electron chi connectivity index (χ0n) is 7.24. The van der Waals surface area contributed by atoms with Crippen molar-refractivity contribution >= 4 is 46.4 Å². The summed E-state index contributed by atoms with van der Waals surface area (Å²) in [7, 11) is -0.385. The lowest BCUT2D eigenvalue weighted by Gasteiger charge is -2.30. The minimum Gasteiger partial charge on any atom is -0.121 e. The highest BCUT2D eigenvalue weighted by Gasteiger charge is 2.39. The zero-order valence-corrected chi connectivity index (χ0v) is 11.4. The van der Waals surface area contributed by atoms with Crippen molar-refractivity contribution in [2.24, 2.45) is 0 Å². The molecule has 5 heteroatoms. The maximum Gasteiger partial charge on any atom is 0.366 e. The summed E-state index contributed by atoms with van der Waals surface area (Å²) in [6.07, 6.45) is 0. The molecular formula is C6H14Cl3PSi. The van der Waals surface area contributed by atoms with Gasteiger partial charge >= 0.3 is 5.67 Å². The quantitative estimate of drug-likeness (QED) is 0.395. The average molecular weight is 252 g/mol. The monoisotopic (exact) mass is 250 g/mol. The first-order chi connectivity index (χ1) is 4.76. The van der Waals surface area contributed by atoms with E-state index < -0.39 is 5.67 Å². The predicted molar refractivity (Wildman–Crippen MR) is 60.5 cm³/mol. The Balaban J connectivity index is 4.35. The Morgan fingerprint density at radius 3 is 1.18 bits per heavy atom. The topological polar surface area (TPSA) is 0 Å². The van der Waals surface area contributed by atoms with Gasteiger partial charge in [-0.25, -0.2) is 0 Å². The zero-order chi connectivity index (χ0) is 9.23. The lowest BCUT2D eigenvalue weighted by Crippen LogP contribution is -2.19. The summed E-state index contributed by atoms with van der Waals surface area (Å²) in [6.45, 7) is 8.56. The van der Waals surface area contributed by atoms with E-state index in [0.29, 0.717) is 11.3 Å². The Bertz CT molecular complexity index is 113. The van der Waals surface area contributed by atoms with E-state index >= 15 is 0 Å². The number of halogens is 3. The van der Waals surface area contributed by atoms with Gasteiger partial charge in [0.2, 0.25) is 0 Å². The van der Waals surface area contributed by atoms with Crippen molar-refractivity contribution < 1.29 is 0 Å². The van der Waals surface area contributed by atoms with E-state index in [1.54, 1.807) is 0 Å². The normalized spacial score (nSPS) is 13.6. The van der Waals surface area contributed by atoms with E-state index in [9.17, 15) is 0 Å². The van der Waals surface area contributed by atoms with Crippen LogP contribution in [0.2, 0.25) is 0 Å². The molecule has 0 bridgehead atoms. The van der Waals surface area contributed by atoms with Crippen LogP contribution in [0.5, 0.6) is 0 Å². The number of hydrogen-bond donors (Lipinski definition) is 0. The van der Waals surface area contributed by atoms with Crippen LogP contribution in [-0.4, -0.2) is 17.0 Å². The molecule has 0 aliphatic heterocycles. The first-order valence-corrected chi connectivity index (χ1v) is 11.0. The van der Waals surface area contributed by atoms with Gasteiger partial charge in [-0.3, -0.25) is 0 Å². The van der Waals surface area contributed by atoms with E-state index in [-0.39, 0.29) is 7.47 Å². The van der Waals surface area contributed by atoms with Crippen molar-refractivity contribution in [3.8, 4) is 0 Å². The molecule has 0 atom stereocenters. The van der Waals surface area contributed by atoms with Crippen molar-refractivity contribution in [3.63, 3.8) is 0 Å². The van der Waals surface area contributed by atoms with Crippen molar-refractivity contribution in [1.29, 1.82) is 0 Å². The van der Waals surface area contributed by atoms with Gasteiger partial charge in [0.25, 0.3) is 0 Å². The molecule has 0 unspecified atom stereocenters. The Hall–Kier alpha value is 1.52. The summed E-state index contributed by atoms with van der Waals surface area (Å²) >= 11 is 18.0. The van der Waals surface area contributed by atoms with Crippen molar-refractivity contribution in [1.82, 2.24) is 0 Å². The molecule has 0 aliphatic rings. The highest BCUT2D eigenvalue weighted by atomic mass is 35.9. The minimum absolute atomic E-state index is 0.385. The van der Waals surface area contributed by atoms with Crippen LogP contribution in [0.1, 0.15) is 27.7 Å². The SMILES string of the molecule is CC(C)P(C(C)C)[Si](Cl)(Cl)Cl. The third-order valence-electron chi connectivity index (χ3n) is 1.41. The summed E-state index contributed by atoms with van der Waals surface area (Å²) in [4.78, 5) is 0. The Kier molecular flexibility index (Phi) is 5.31. The highest BCUT2D eigenvalue weighted by molar-refractivity contribution is 8.19. The second kappa shape index (κ2) is 4.67. The second-order valence-electron chi connectivity index (χ2n) is 3.06. The molecule has 0 aliphatic carbocycles. The molecule has 0 spiro atoms. The van der Waals surface area contributed by atoms with Gasteiger partial charge in [0.1, 0.15) is 0 Å². The summed E-state index contributed by atoms with van der Waals surface area (Å²) in [5, 5.41) is 0. The molecule has 68 valence electrons. The van der Waals surface area contributed by atoms with Gasteiger partial charge < -0.3 is 0 Å². The average Bonchev–Trinajstić information content (AvgIpc) is 1.54. The third kappa shape index (κ3) is 4.33. The van der Waals surface area contributed by atoms with Gasteiger partial charge in [0, 0.05) is 0 Å². The molecule has 0 aromatic carbocycles. The van der Waals surface area contributed by atoms with Gasteiger partial charge in [0.15, 0.2) is 0 Å². The molecule has 0 saturated heterocycles. The molecule has 0 aromatic rings. The number of hydrogen-bond acceptors (Lipinski definition) is 0. The first kappa shape index (κ1) is 12.5. The Labute approximate surface area is 85.3 Å². The third-order valence-corrected chi connectivity index (χ3v) is 14.3. The molecule has 0 N–H and O–H groups in total. The van der Waals surface area contributed by atoms with Crippen LogP contribution in [0.15, 0.2) is 0 Å². The van der Waals surface area contributed by atoms with Crippen LogP contribution in [0.3, 0.4) is 0 Å². The van der Waals surface area contributed by atoms with Crippen molar-refractivity contribution in [2.75, 3.05) is 0 Å². The predicted octanol–water partition coefficient (Wildman–Crippen LogP) is 4.44. The van der Waals surface area contributed by atoms with E-state index in [1.807, 2.05) is 0 Å². The van der Waals surface area contributed by atoms with Crippen LogP contribution in [-0.2, 0) is 0 Å². The van der Waals surface area contributed by atoms with Gasteiger partial charge in [-0.1, -0.05) is 35.2 Å². The molecule has 0 aromatic heterocycles. The molecule has 0 saturated carbocycles. The molecule has 0 nitrogen and oxygen atoms in total. The van der Waals surface area contributed by atoms with Crippen LogP contribution < -0.4 is 0 Å². The molecule has 0 heterocycles. The highest BCUT2D eigenvalue weighted by Crippen LogP contribution is 2.60. The Morgan fingerprint density at radius 2 is 1.18 bits per heavy atom. The minimum atomic E-state index is -2.43. The summed E-state index contributed by atoms with van der Waals surface area (Å²) in [6, 6.07) is 0. The Morgan fingerprint density at radius 1 is 0.909 bits per heavy atom. The maximum absolute atomic E-state index is 5.99. The lowest BCUT2D eigenvalue weighted by atomic mass is 10.5. The molecule has 0 fully saturated rings. The molecule has 0 rings (SSSR count). The van der Waals surface area contributed by atoms with E-state index in [2.05, 4.69) is 27.7 Å². The van der Waals surface area contributed by atoms with Gasteiger partial charge in [-0.2, -0.15) is 0 Å². The smallest absolute Gasteiger partial charge is 0.121 e. The molecular weight excluding hydrogens is 237 g/mol. The first-order valence-electron chi connectivity index (χ1n) is 3.62. The molecule has 11 heavy (non-hydrogen) atoms. The second-order valence-corrected chi connectivity index (χ2v) is 19.7. The van der Waals surface area contributed by atoms with Gasteiger partial charge in [0.05, 0.1) is 0 Å². The van der Waals surface area contributed by atoms with Crippen LogP contribution >= 0.6 is 40.7 Å². The standard InChI is InChI=1S/C6H14Cl3PSi/c1-5(2)10(6(3)4)11(7,8)9/h5-6H,1-4H3. The fourth-order valence-corrected chi connectivity index (χ4v) is 17.6. The fraction of sp³-hybridized carbons (Fsp3) is 1.00. The van der Waals surface area contributed by atoms with Crippen LogP contribution in [0.4, 0.5) is 0 Å². The molecule has 0 radical (unpaired) electrons. The van der Waals surface area contributed by atoms with Crippen LogP contribution in [0.25, 0.3) is 0 Å². The fourth-order valence-electron chi connectivity index (χ4n) is 1.18. The summed E-state index contributed by atoms with van der Waals surface area (Å²) in [5.41, 5.74) is -1.37. The van der Waals surface area contributed by atoms with Gasteiger partial charge in [-0.15, -0.1) is 33.2 Å². The van der Waals surface area contributed by atoms with Crippen molar-refractivity contribution in [3.05, 3.63) is 0 Å².